The molecule has 5 aromatic rings. The number of methoxy groups -OCH3 is 1. The quantitative estimate of drug-likeness (QED) is 0.0484. The van der Waals surface area contributed by atoms with Gasteiger partial charge in [0, 0.05) is 96.2 Å². The maximum Gasteiger partial charge on any atom is 0.329 e. The second-order valence-electron chi connectivity index (χ2n) is 23.3. The molecule has 0 spiro atoms. The van der Waals surface area contributed by atoms with Gasteiger partial charge >= 0.3 is 59.7 Å². The predicted molar refractivity (Wildman–Crippen MR) is 333 cm³/mol. The molecule has 2 fully saturated rings. The van der Waals surface area contributed by atoms with E-state index in [9.17, 15) is 47.9 Å². The Morgan fingerprint density at radius 1 is 0.505 bits per heavy atom. The Morgan fingerprint density at radius 3 is 1.55 bits per heavy atom. The van der Waals surface area contributed by atoms with Gasteiger partial charge < -0.3 is 76.4 Å². The molecule has 2 saturated heterocycles. The summed E-state index contributed by atoms with van der Waals surface area (Å²) in [5.74, 6) is -15.2. The van der Waals surface area contributed by atoms with Crippen LogP contribution in [0.4, 0.5) is 0 Å². The molecule has 29 nitrogen and oxygen atoms in total. The molecule has 99 heavy (non-hydrogen) atoms. The van der Waals surface area contributed by atoms with Crippen molar-refractivity contribution in [3.63, 3.8) is 0 Å². The summed E-state index contributed by atoms with van der Waals surface area (Å²) in [5, 5.41) is 2.63. The topological polar surface area (TPSA) is 372 Å². The molecule has 2 aliphatic heterocycles. The van der Waals surface area contributed by atoms with Crippen LogP contribution in [-0.4, -0.2) is 152 Å². The third-order valence-electron chi connectivity index (χ3n) is 15.8. The van der Waals surface area contributed by atoms with Crippen LogP contribution in [0, 0.1) is 6.92 Å². The minimum absolute atomic E-state index is 0.0772. The standard InChI is InChI=1S/C70H69NO28/c1-29-24-46-52(62(93-37(9)77)50(29)67(83)71-30(2)68(84)97-58(41-20-16-14-17-21-41)42-22-18-15-19-23-42)53-47(27-45-54(63(53)94-38(10)78)56(82)44-25-43(85-13)26-48(88-32(4)72)51(44)55(45)81)59(91-35(7)75)60(46)98-70-66(96-40(12)80)64(57(31(3)87-70)90-34(6)74)99-69-65(95-39(11)79)61(92-36(8)76)49(28-86-69)89-33(5)73/h14-27,30-31,49,57-61,64-66,69-70H,28H2,1-13H3,(H,71,83)/t30-,31-,49-,57+,59+,60+,61+,64+,65-,66-,69+,70+/m1/s1. The molecular formula is C70H69NO28. The van der Waals surface area contributed by atoms with E-state index in [0.717, 1.165) is 80.5 Å². The van der Waals surface area contributed by atoms with Crippen molar-refractivity contribution in [3.05, 3.63) is 141 Å². The fraction of sp³-hybridized carbons (Fsp3) is 0.386. The maximum absolute atomic E-state index is 15.5. The third-order valence-corrected chi connectivity index (χ3v) is 15.8. The summed E-state index contributed by atoms with van der Waals surface area (Å²) in [6, 6.07) is 20.7. The highest BCUT2D eigenvalue weighted by Crippen LogP contribution is 2.59. The molecule has 0 aromatic heterocycles. The minimum atomic E-state index is -2.07. The summed E-state index contributed by atoms with van der Waals surface area (Å²) in [6.07, 6.45) is -20.7. The zero-order valence-electron chi connectivity index (χ0n) is 55.7. The van der Waals surface area contributed by atoms with E-state index in [0.29, 0.717) is 11.1 Å². The van der Waals surface area contributed by atoms with Crippen LogP contribution in [0.25, 0.3) is 11.1 Å². The Balaban J connectivity index is 1.28. The van der Waals surface area contributed by atoms with Crippen molar-refractivity contribution in [1.82, 2.24) is 5.32 Å². The van der Waals surface area contributed by atoms with Crippen molar-refractivity contribution in [3.8, 4) is 34.1 Å². The maximum atomic E-state index is 15.5. The number of amides is 1. The largest absolute Gasteiger partial charge is 0.497 e. The van der Waals surface area contributed by atoms with Crippen molar-refractivity contribution in [1.29, 1.82) is 0 Å². The van der Waals surface area contributed by atoms with Gasteiger partial charge in [-0.05, 0) is 55.2 Å². The number of ketones is 2. The van der Waals surface area contributed by atoms with Crippen LogP contribution in [0.5, 0.6) is 23.0 Å². The molecule has 5 aromatic carbocycles. The molecule has 1 amide bonds. The molecule has 12 atom stereocenters. The number of nitrogens with one attached hydrogen (secondary N) is 1. The molecule has 0 bridgehead atoms. The number of carbonyl (C=O) groups is 13. The average molecular weight is 1370 g/mol. The lowest BCUT2D eigenvalue weighted by molar-refractivity contribution is -0.355. The second-order valence-corrected chi connectivity index (χ2v) is 23.3. The van der Waals surface area contributed by atoms with Gasteiger partial charge in [0.15, 0.2) is 78.4 Å². The SMILES string of the molecule is COc1cc(OC(C)=O)c2c(c1)C(=O)c1c(cc3c(c1OC(C)=O)-c1c(cc(C)c(C(=O)N[C@H](C)C(=O)OC(c4ccccc4)c4ccccc4)c1OC(C)=O)[C@H](O[C@@H]1O[C@H](C)[C@H](OC(C)=O)[C@H](O[C@@H]4OC[C@@H](OC(C)=O)[C@H](OC(C)=O)[C@H]4OC(C)=O)[C@H]1OC(C)=O)[C@H]3OC(C)=O)C2=O. The van der Waals surface area contributed by atoms with Crippen LogP contribution in [0.2, 0.25) is 0 Å². The fourth-order valence-electron chi connectivity index (χ4n) is 12.2. The van der Waals surface area contributed by atoms with E-state index in [2.05, 4.69) is 5.32 Å². The lowest BCUT2D eigenvalue weighted by atomic mass is 9.73. The highest BCUT2D eigenvalue weighted by molar-refractivity contribution is 6.31. The molecule has 1 N–H and O–H groups in total. The van der Waals surface area contributed by atoms with Crippen LogP contribution in [0.1, 0.15) is 164 Å². The van der Waals surface area contributed by atoms with Crippen LogP contribution in [0.3, 0.4) is 0 Å². The fourth-order valence-corrected chi connectivity index (χ4v) is 12.2. The average Bonchev–Trinajstić information content (AvgIpc) is 0.699. The van der Waals surface area contributed by atoms with Crippen LogP contribution in [-0.2, 0) is 100 Å². The number of carbonyl (C=O) groups excluding carboxylic acids is 13. The minimum Gasteiger partial charge on any atom is -0.497 e. The number of hydrogen-bond acceptors (Lipinski definition) is 28. The first kappa shape index (κ1) is 72.5. The highest BCUT2D eigenvalue weighted by Gasteiger charge is 2.57. The summed E-state index contributed by atoms with van der Waals surface area (Å²) < 4.78 is 89.8. The van der Waals surface area contributed by atoms with Crippen molar-refractivity contribution < 1.29 is 133 Å². The van der Waals surface area contributed by atoms with Gasteiger partial charge in [-0.1, -0.05) is 66.7 Å². The predicted octanol–water partition coefficient (Wildman–Crippen LogP) is 6.49. The van der Waals surface area contributed by atoms with E-state index < -0.39 is 225 Å². The van der Waals surface area contributed by atoms with Gasteiger partial charge in [0.25, 0.3) is 5.91 Å². The summed E-state index contributed by atoms with van der Waals surface area (Å²) in [6.45, 7) is 12.4. The number of ether oxygens (including phenoxy) is 15. The lowest BCUT2D eigenvalue weighted by Gasteiger charge is -2.48. The number of aryl methyl sites for hydroxylation is 1. The van der Waals surface area contributed by atoms with Crippen molar-refractivity contribution in [2.24, 2.45) is 0 Å². The first-order valence-electron chi connectivity index (χ1n) is 30.9. The van der Waals surface area contributed by atoms with E-state index in [1.54, 1.807) is 60.7 Å². The zero-order chi connectivity index (χ0) is 72.2. The lowest BCUT2D eigenvalue weighted by Crippen LogP contribution is -2.65. The Bertz CT molecular complexity index is 4070. The summed E-state index contributed by atoms with van der Waals surface area (Å²) >= 11 is 0. The smallest absolute Gasteiger partial charge is 0.329 e. The Labute approximate surface area is 565 Å². The molecule has 0 radical (unpaired) electrons. The summed E-state index contributed by atoms with van der Waals surface area (Å²) in [7, 11) is 1.23. The molecule has 522 valence electrons. The Kier molecular flexibility index (Phi) is 22.2. The third kappa shape index (κ3) is 15.8. The monoisotopic (exact) mass is 1370 g/mol. The Morgan fingerprint density at radius 2 is 1.00 bits per heavy atom. The highest BCUT2D eigenvalue weighted by atomic mass is 16.8. The molecule has 9 rings (SSSR count). The van der Waals surface area contributed by atoms with E-state index in [1.165, 1.54) is 33.9 Å². The molecule has 29 heteroatoms. The normalized spacial score (nSPS) is 22.2. The van der Waals surface area contributed by atoms with Gasteiger partial charge in [-0.25, -0.2) is 4.79 Å². The zero-order valence-corrected chi connectivity index (χ0v) is 55.7. The van der Waals surface area contributed by atoms with Crippen LogP contribution < -0.4 is 24.3 Å². The van der Waals surface area contributed by atoms with Crippen molar-refractivity contribution in [2.75, 3.05) is 13.7 Å². The van der Waals surface area contributed by atoms with E-state index in [1.807, 2.05) is 0 Å². The van der Waals surface area contributed by atoms with Gasteiger partial charge in [-0.3, -0.25) is 57.5 Å². The second kappa shape index (κ2) is 30.3. The van der Waals surface area contributed by atoms with E-state index >= 15 is 14.4 Å². The number of rotatable bonds is 20. The van der Waals surface area contributed by atoms with Crippen molar-refractivity contribution in [2.45, 2.75) is 163 Å². The molecule has 2 aliphatic carbocycles. The van der Waals surface area contributed by atoms with Gasteiger partial charge in [-0.15, -0.1) is 0 Å². The van der Waals surface area contributed by atoms with E-state index in [4.69, 9.17) is 71.1 Å². The number of fused-ring (bicyclic) bond motifs is 5. The van der Waals surface area contributed by atoms with Crippen LogP contribution in [0.15, 0.2) is 84.9 Å². The molecule has 0 saturated carbocycles. The van der Waals surface area contributed by atoms with Gasteiger partial charge in [0.05, 0.1) is 36.5 Å². The molecule has 0 unspecified atom stereocenters. The van der Waals surface area contributed by atoms with Gasteiger partial charge in [0.1, 0.15) is 29.7 Å². The molecule has 2 heterocycles. The van der Waals surface area contributed by atoms with Gasteiger partial charge in [0.2, 0.25) is 0 Å². The number of benzene rings is 5. The Hall–Kier alpha value is -10.7. The number of hydrogen-bond donors (Lipinski definition) is 1. The molecule has 4 aliphatic rings. The first-order chi connectivity index (χ1) is 46.9. The summed E-state index contributed by atoms with van der Waals surface area (Å²) in [5.41, 5.74) is -3.09. The van der Waals surface area contributed by atoms with Gasteiger partial charge in [-0.2, -0.15) is 0 Å². The van der Waals surface area contributed by atoms with E-state index in [-0.39, 0.29) is 16.9 Å². The number of esters is 10. The first-order valence-corrected chi connectivity index (χ1v) is 30.9. The summed E-state index contributed by atoms with van der Waals surface area (Å²) in [4.78, 5) is 179. The van der Waals surface area contributed by atoms with Crippen molar-refractivity contribution >= 4 is 77.2 Å². The van der Waals surface area contributed by atoms with Crippen LogP contribution >= 0.6 is 0 Å². The molecular weight excluding hydrogens is 1300 g/mol.